The van der Waals surface area contributed by atoms with Crippen molar-refractivity contribution in [2.24, 2.45) is 0 Å². The lowest BCUT2D eigenvalue weighted by Crippen LogP contribution is -2.43. The summed E-state index contributed by atoms with van der Waals surface area (Å²) in [5.74, 6) is 1.21. The fourth-order valence-electron chi connectivity index (χ4n) is 3.81. The fourth-order valence-corrected chi connectivity index (χ4v) is 8.61. The van der Waals surface area contributed by atoms with Crippen LogP contribution < -0.4 is 19.5 Å². The lowest BCUT2D eigenvalue weighted by Gasteiger charge is -2.20. The summed E-state index contributed by atoms with van der Waals surface area (Å²) in [6.45, 7) is 2.22. The maximum Gasteiger partial charge on any atom is 0.231 e. The van der Waals surface area contributed by atoms with E-state index in [0.29, 0.717) is 29.4 Å². The molecule has 0 radical (unpaired) electrons. The summed E-state index contributed by atoms with van der Waals surface area (Å²) >= 11 is 0. The van der Waals surface area contributed by atoms with Crippen molar-refractivity contribution in [3.05, 3.63) is 47.5 Å². The van der Waals surface area contributed by atoms with Crippen molar-refractivity contribution in [2.75, 3.05) is 25.4 Å². The van der Waals surface area contributed by atoms with E-state index in [1.165, 1.54) is 19.2 Å². The molecule has 2 aromatic carbocycles. The maximum atomic E-state index is 13.3. The number of rotatable bonds is 6. The smallest absolute Gasteiger partial charge is 0.231 e. The van der Waals surface area contributed by atoms with Crippen molar-refractivity contribution in [1.82, 2.24) is 5.32 Å². The Morgan fingerprint density at radius 1 is 1.10 bits per heavy atom. The van der Waals surface area contributed by atoms with Crippen LogP contribution in [0.3, 0.4) is 0 Å². The molecular weight excluding hydrogens is 430 g/mol. The quantitative estimate of drug-likeness (QED) is 0.701. The Morgan fingerprint density at radius 3 is 2.60 bits per heavy atom. The van der Waals surface area contributed by atoms with Gasteiger partial charge in [0.25, 0.3) is 0 Å². The first kappa shape index (κ1) is 21.0. The number of aryl methyl sites for hydroxylation is 1. The highest BCUT2D eigenvalue weighted by atomic mass is 32.2. The molecule has 4 rings (SSSR count). The third-order valence-electron chi connectivity index (χ3n) is 5.40. The Labute approximate surface area is 176 Å². The van der Waals surface area contributed by atoms with Crippen LogP contribution in [-0.4, -0.2) is 53.5 Å². The van der Waals surface area contributed by atoms with Crippen molar-refractivity contribution in [2.45, 2.75) is 29.7 Å². The second-order valence-corrected chi connectivity index (χ2v) is 11.8. The Kier molecular flexibility index (Phi) is 5.41. The molecule has 0 saturated carbocycles. The molecule has 1 N–H and O–H groups in total. The highest BCUT2D eigenvalue weighted by Gasteiger charge is 2.45. The number of hydrogen-bond acceptors (Lipinski definition) is 8. The van der Waals surface area contributed by atoms with Gasteiger partial charge in [0, 0.05) is 12.6 Å². The molecule has 2 heterocycles. The van der Waals surface area contributed by atoms with E-state index < -0.39 is 36.7 Å². The molecule has 2 aliphatic heterocycles. The van der Waals surface area contributed by atoms with Crippen LogP contribution in [0, 0.1) is 6.92 Å². The summed E-state index contributed by atoms with van der Waals surface area (Å²) in [7, 11) is -5.84. The number of methoxy groups -OCH3 is 1. The molecule has 2 atom stereocenters. The Balaban J connectivity index is 1.57. The first-order valence-electron chi connectivity index (χ1n) is 9.40. The van der Waals surface area contributed by atoms with Crippen molar-refractivity contribution in [3.8, 4) is 17.2 Å². The largest absolute Gasteiger partial charge is 0.496 e. The molecular formula is C20H23NO7S2. The minimum absolute atomic E-state index is 0.0952. The Bertz CT molecular complexity index is 1180. The van der Waals surface area contributed by atoms with Gasteiger partial charge in [-0.25, -0.2) is 16.8 Å². The van der Waals surface area contributed by atoms with Gasteiger partial charge in [0.1, 0.15) is 5.75 Å². The average molecular weight is 454 g/mol. The minimum Gasteiger partial charge on any atom is -0.496 e. The molecule has 0 unspecified atom stereocenters. The lowest BCUT2D eigenvalue weighted by atomic mass is 10.2. The van der Waals surface area contributed by atoms with E-state index in [1.807, 2.05) is 6.07 Å². The predicted molar refractivity (Wildman–Crippen MR) is 111 cm³/mol. The maximum absolute atomic E-state index is 13.3. The Morgan fingerprint density at radius 2 is 1.87 bits per heavy atom. The van der Waals surface area contributed by atoms with Gasteiger partial charge in [-0.05, 0) is 48.4 Å². The zero-order valence-corrected chi connectivity index (χ0v) is 18.3. The summed E-state index contributed by atoms with van der Waals surface area (Å²) in [6.07, 6.45) is 0. The van der Waals surface area contributed by atoms with Gasteiger partial charge in [0.05, 0.1) is 28.8 Å². The molecule has 10 heteroatoms. The van der Waals surface area contributed by atoms with Crippen LogP contribution >= 0.6 is 0 Å². The summed E-state index contributed by atoms with van der Waals surface area (Å²) < 4.78 is 67.0. The van der Waals surface area contributed by atoms with E-state index in [2.05, 4.69) is 5.32 Å². The van der Waals surface area contributed by atoms with Gasteiger partial charge >= 0.3 is 0 Å². The summed E-state index contributed by atoms with van der Waals surface area (Å²) in [4.78, 5) is 0.0952. The number of nitrogens with one attached hydrogen (secondary N) is 1. The van der Waals surface area contributed by atoms with Gasteiger partial charge in [-0.1, -0.05) is 6.07 Å². The number of hydrogen-bond donors (Lipinski definition) is 1. The second kappa shape index (κ2) is 7.75. The molecule has 0 spiro atoms. The van der Waals surface area contributed by atoms with E-state index in [0.717, 1.165) is 5.56 Å². The highest BCUT2D eigenvalue weighted by Crippen LogP contribution is 2.33. The zero-order valence-electron chi connectivity index (χ0n) is 16.6. The van der Waals surface area contributed by atoms with Crippen molar-refractivity contribution >= 4 is 19.7 Å². The molecule has 0 amide bonds. The van der Waals surface area contributed by atoms with Gasteiger partial charge in [-0.15, -0.1) is 0 Å². The van der Waals surface area contributed by atoms with E-state index in [-0.39, 0.29) is 17.4 Å². The van der Waals surface area contributed by atoms with E-state index >= 15 is 0 Å². The van der Waals surface area contributed by atoms with Crippen LogP contribution in [-0.2, 0) is 26.2 Å². The standard InChI is InChI=1S/C20H23NO7S2/c1-13-7-15(4-6-17(13)26-2)30(24,25)20-11-29(22,23)10-16(20)21-9-14-3-5-18-19(8-14)28-12-27-18/h3-8,16,20-21H,9-12H2,1-2H3/t16-,20+/m0/s1. The lowest BCUT2D eigenvalue weighted by molar-refractivity contribution is 0.174. The number of ether oxygens (including phenoxy) is 3. The third kappa shape index (κ3) is 3.99. The molecule has 1 fully saturated rings. The predicted octanol–water partition coefficient (Wildman–Crippen LogP) is 1.46. The van der Waals surface area contributed by atoms with Crippen molar-refractivity contribution in [1.29, 1.82) is 0 Å². The highest BCUT2D eigenvalue weighted by molar-refractivity contribution is 7.96. The molecule has 1 saturated heterocycles. The molecule has 162 valence electrons. The summed E-state index contributed by atoms with van der Waals surface area (Å²) in [5, 5.41) is 2.06. The molecule has 2 aromatic rings. The first-order valence-corrected chi connectivity index (χ1v) is 12.8. The number of fused-ring (bicyclic) bond motifs is 1. The van der Waals surface area contributed by atoms with Gasteiger partial charge in [0.15, 0.2) is 31.2 Å². The van der Waals surface area contributed by atoms with Crippen LogP contribution in [0.4, 0.5) is 0 Å². The third-order valence-corrected chi connectivity index (χ3v) is 9.55. The van der Waals surface area contributed by atoms with E-state index in [9.17, 15) is 16.8 Å². The first-order chi connectivity index (χ1) is 14.2. The molecule has 30 heavy (non-hydrogen) atoms. The zero-order chi connectivity index (χ0) is 21.5. The SMILES string of the molecule is COc1ccc(S(=O)(=O)[C@@H]2CS(=O)(=O)C[C@@H]2NCc2ccc3c(c2)OCO3)cc1C. The topological polar surface area (TPSA) is 108 Å². The normalized spacial score (nSPS) is 22.2. The van der Waals surface area contributed by atoms with Crippen molar-refractivity contribution in [3.63, 3.8) is 0 Å². The minimum atomic E-state index is -3.86. The van der Waals surface area contributed by atoms with Crippen LogP contribution in [0.15, 0.2) is 41.3 Å². The van der Waals surface area contributed by atoms with Crippen LogP contribution in [0.5, 0.6) is 17.2 Å². The molecule has 8 nitrogen and oxygen atoms in total. The number of benzene rings is 2. The van der Waals surface area contributed by atoms with Gasteiger partial charge in [-0.3, -0.25) is 0 Å². The van der Waals surface area contributed by atoms with Gasteiger partial charge < -0.3 is 19.5 Å². The second-order valence-electron chi connectivity index (χ2n) is 7.47. The Hall–Kier alpha value is -2.30. The fraction of sp³-hybridized carbons (Fsp3) is 0.400. The molecule has 0 aliphatic carbocycles. The van der Waals surface area contributed by atoms with Gasteiger partial charge in [-0.2, -0.15) is 0 Å². The molecule has 0 bridgehead atoms. The summed E-state index contributed by atoms with van der Waals surface area (Å²) in [5.41, 5.74) is 1.52. The van der Waals surface area contributed by atoms with Crippen LogP contribution in [0.25, 0.3) is 0 Å². The van der Waals surface area contributed by atoms with Crippen LogP contribution in [0.2, 0.25) is 0 Å². The van der Waals surface area contributed by atoms with E-state index in [1.54, 1.807) is 25.1 Å². The van der Waals surface area contributed by atoms with Gasteiger partial charge in [0.2, 0.25) is 6.79 Å². The average Bonchev–Trinajstić information content (AvgIpc) is 3.29. The van der Waals surface area contributed by atoms with Crippen molar-refractivity contribution < 1.29 is 31.0 Å². The molecule has 2 aliphatic rings. The van der Waals surface area contributed by atoms with E-state index in [4.69, 9.17) is 14.2 Å². The monoisotopic (exact) mass is 453 g/mol. The number of sulfone groups is 2. The summed E-state index contributed by atoms with van der Waals surface area (Å²) in [6, 6.07) is 9.26. The van der Waals surface area contributed by atoms with Crippen LogP contribution in [0.1, 0.15) is 11.1 Å². The molecule has 0 aromatic heterocycles.